The molecule has 0 saturated carbocycles. The minimum atomic E-state index is -0.707. The van der Waals surface area contributed by atoms with E-state index >= 15 is 0 Å². The summed E-state index contributed by atoms with van der Waals surface area (Å²) >= 11 is 0. The number of anilines is 1. The van der Waals surface area contributed by atoms with E-state index < -0.39 is 5.91 Å². The molecule has 2 N–H and O–H groups in total. The average Bonchev–Trinajstić information content (AvgIpc) is 3.08. The van der Waals surface area contributed by atoms with Crippen LogP contribution in [0.4, 0.5) is 6.01 Å². The summed E-state index contributed by atoms with van der Waals surface area (Å²) in [4.78, 5) is 17.3. The number of aromatic nitrogens is 3. The molecule has 3 heterocycles. The SMILES string of the molecule is NC(=O)c1nocc1-c1noc(N2CCOCC2)n1. The van der Waals surface area contributed by atoms with Gasteiger partial charge in [0.1, 0.15) is 6.26 Å². The molecule has 1 aliphatic rings. The second kappa shape index (κ2) is 4.69. The third-order valence-electron chi connectivity index (χ3n) is 2.74. The molecule has 2 aromatic heterocycles. The zero-order valence-corrected chi connectivity index (χ0v) is 9.90. The summed E-state index contributed by atoms with van der Waals surface area (Å²) in [5, 5.41) is 7.31. The van der Waals surface area contributed by atoms with E-state index in [2.05, 4.69) is 15.3 Å². The molecule has 0 spiro atoms. The molecule has 1 fully saturated rings. The van der Waals surface area contributed by atoms with Crippen LogP contribution in [0.15, 0.2) is 15.3 Å². The van der Waals surface area contributed by atoms with Crippen molar-refractivity contribution in [2.45, 2.75) is 0 Å². The molecule has 3 rings (SSSR count). The number of carbonyl (C=O) groups excluding carboxylic acids is 1. The Hall–Kier alpha value is -2.42. The fraction of sp³-hybridized carbons (Fsp3) is 0.400. The number of hydrogen-bond donors (Lipinski definition) is 1. The van der Waals surface area contributed by atoms with Gasteiger partial charge in [0, 0.05) is 13.1 Å². The molecular formula is C10H11N5O4. The number of morpholine rings is 1. The van der Waals surface area contributed by atoms with Crippen molar-refractivity contribution in [2.24, 2.45) is 5.73 Å². The third-order valence-corrected chi connectivity index (χ3v) is 2.74. The number of carbonyl (C=O) groups is 1. The third kappa shape index (κ3) is 2.15. The van der Waals surface area contributed by atoms with Gasteiger partial charge in [0.15, 0.2) is 5.69 Å². The van der Waals surface area contributed by atoms with Gasteiger partial charge in [-0.05, 0) is 0 Å². The molecule has 1 aliphatic heterocycles. The first-order valence-electron chi connectivity index (χ1n) is 5.66. The van der Waals surface area contributed by atoms with Crippen molar-refractivity contribution in [1.29, 1.82) is 0 Å². The van der Waals surface area contributed by atoms with Gasteiger partial charge in [0.25, 0.3) is 5.91 Å². The number of nitrogens with zero attached hydrogens (tertiary/aromatic N) is 4. The zero-order valence-electron chi connectivity index (χ0n) is 9.90. The summed E-state index contributed by atoms with van der Waals surface area (Å²) < 4.78 is 15.1. The van der Waals surface area contributed by atoms with Gasteiger partial charge in [-0.25, -0.2) is 0 Å². The van der Waals surface area contributed by atoms with Crippen LogP contribution in [0.3, 0.4) is 0 Å². The number of amides is 1. The van der Waals surface area contributed by atoms with Crippen LogP contribution in [0.2, 0.25) is 0 Å². The maximum Gasteiger partial charge on any atom is 0.324 e. The first-order valence-corrected chi connectivity index (χ1v) is 5.66. The first-order chi connectivity index (χ1) is 9.25. The maximum atomic E-state index is 11.2. The van der Waals surface area contributed by atoms with E-state index in [9.17, 15) is 4.79 Å². The van der Waals surface area contributed by atoms with Gasteiger partial charge >= 0.3 is 6.01 Å². The lowest BCUT2D eigenvalue weighted by molar-refractivity contribution is 0.0992. The fourth-order valence-corrected chi connectivity index (χ4v) is 1.78. The molecule has 1 amide bonds. The standard InChI is InChI=1S/C10H11N5O4/c11-8(16)7-6(5-18-13-7)9-12-10(19-14-9)15-1-3-17-4-2-15/h5H,1-4H2,(H2,11,16). The van der Waals surface area contributed by atoms with E-state index in [0.717, 1.165) is 0 Å². The average molecular weight is 265 g/mol. The van der Waals surface area contributed by atoms with Crippen LogP contribution < -0.4 is 10.6 Å². The van der Waals surface area contributed by atoms with Crippen LogP contribution in [-0.4, -0.2) is 47.5 Å². The molecular weight excluding hydrogens is 254 g/mol. The Morgan fingerprint density at radius 3 is 2.84 bits per heavy atom. The highest BCUT2D eigenvalue weighted by atomic mass is 16.5. The van der Waals surface area contributed by atoms with Crippen LogP contribution >= 0.6 is 0 Å². The van der Waals surface area contributed by atoms with Gasteiger partial charge in [-0.15, -0.1) is 0 Å². The largest absolute Gasteiger partial charge is 0.378 e. The normalized spacial score (nSPS) is 15.7. The van der Waals surface area contributed by atoms with E-state index in [1.54, 1.807) is 0 Å². The van der Waals surface area contributed by atoms with Crippen LogP contribution in [-0.2, 0) is 4.74 Å². The smallest absolute Gasteiger partial charge is 0.324 e. The van der Waals surface area contributed by atoms with Crippen molar-refractivity contribution in [3.05, 3.63) is 12.0 Å². The summed E-state index contributed by atoms with van der Waals surface area (Å²) in [6, 6.07) is 0.370. The van der Waals surface area contributed by atoms with Gasteiger partial charge in [0.2, 0.25) is 5.82 Å². The Bertz CT molecular complexity index is 586. The number of primary amides is 1. The Balaban J connectivity index is 1.88. The van der Waals surface area contributed by atoms with E-state index in [0.29, 0.717) is 37.9 Å². The lowest BCUT2D eigenvalue weighted by atomic mass is 10.2. The molecule has 100 valence electrons. The highest BCUT2D eigenvalue weighted by Crippen LogP contribution is 2.23. The molecule has 0 aliphatic carbocycles. The molecule has 1 saturated heterocycles. The topological polar surface area (TPSA) is 121 Å². The number of rotatable bonds is 3. The molecule has 0 bridgehead atoms. The summed E-state index contributed by atoms with van der Waals surface area (Å²) in [6.07, 6.45) is 1.26. The number of nitrogens with two attached hydrogens (primary N) is 1. The highest BCUT2D eigenvalue weighted by molar-refractivity contribution is 5.96. The lowest BCUT2D eigenvalue weighted by Crippen LogP contribution is -2.36. The van der Waals surface area contributed by atoms with Crippen molar-refractivity contribution in [3.63, 3.8) is 0 Å². The molecule has 0 atom stereocenters. The van der Waals surface area contributed by atoms with Crippen LogP contribution in [0.25, 0.3) is 11.4 Å². The van der Waals surface area contributed by atoms with Gasteiger partial charge in [0.05, 0.1) is 18.8 Å². The minimum Gasteiger partial charge on any atom is -0.378 e. The fourth-order valence-electron chi connectivity index (χ4n) is 1.78. The molecule has 19 heavy (non-hydrogen) atoms. The maximum absolute atomic E-state index is 11.2. The molecule has 2 aromatic rings. The molecule has 9 heteroatoms. The van der Waals surface area contributed by atoms with Crippen LogP contribution in [0, 0.1) is 0 Å². The Kier molecular flexibility index (Phi) is 2.88. The van der Waals surface area contributed by atoms with E-state index in [-0.39, 0.29) is 11.5 Å². The van der Waals surface area contributed by atoms with Crippen molar-refractivity contribution in [3.8, 4) is 11.4 Å². The zero-order chi connectivity index (χ0) is 13.2. The van der Waals surface area contributed by atoms with Crippen molar-refractivity contribution in [1.82, 2.24) is 15.3 Å². The Morgan fingerprint density at radius 2 is 2.11 bits per heavy atom. The van der Waals surface area contributed by atoms with Crippen molar-refractivity contribution in [2.75, 3.05) is 31.2 Å². The monoisotopic (exact) mass is 265 g/mol. The summed E-state index contributed by atoms with van der Waals surface area (Å²) in [6.45, 7) is 2.57. The van der Waals surface area contributed by atoms with Crippen LogP contribution in [0.1, 0.15) is 10.5 Å². The molecule has 0 unspecified atom stereocenters. The lowest BCUT2D eigenvalue weighted by Gasteiger charge is -2.24. The minimum absolute atomic E-state index is 0.0191. The van der Waals surface area contributed by atoms with Gasteiger partial charge in [-0.3, -0.25) is 4.79 Å². The van der Waals surface area contributed by atoms with Gasteiger partial charge in [-0.1, -0.05) is 10.3 Å². The van der Waals surface area contributed by atoms with Gasteiger partial charge in [-0.2, -0.15) is 4.98 Å². The Morgan fingerprint density at radius 1 is 1.32 bits per heavy atom. The second-order valence-corrected chi connectivity index (χ2v) is 3.94. The second-order valence-electron chi connectivity index (χ2n) is 3.94. The molecule has 0 aromatic carbocycles. The predicted molar refractivity (Wildman–Crippen MR) is 61.3 cm³/mol. The first kappa shape index (κ1) is 11.7. The van der Waals surface area contributed by atoms with Gasteiger partial charge < -0.3 is 24.4 Å². The quantitative estimate of drug-likeness (QED) is 0.800. The number of ether oxygens (including phenoxy) is 1. The summed E-state index contributed by atoms with van der Waals surface area (Å²) in [7, 11) is 0. The van der Waals surface area contributed by atoms with E-state index in [1.165, 1.54) is 6.26 Å². The molecule has 9 nitrogen and oxygen atoms in total. The van der Waals surface area contributed by atoms with E-state index in [1.807, 2.05) is 4.90 Å². The summed E-state index contributed by atoms with van der Waals surface area (Å²) in [5.41, 5.74) is 5.47. The van der Waals surface area contributed by atoms with E-state index in [4.69, 9.17) is 19.5 Å². The highest BCUT2D eigenvalue weighted by Gasteiger charge is 2.22. The number of hydrogen-bond acceptors (Lipinski definition) is 8. The molecule has 0 radical (unpaired) electrons. The van der Waals surface area contributed by atoms with Crippen LogP contribution in [0.5, 0.6) is 0 Å². The summed E-state index contributed by atoms with van der Waals surface area (Å²) in [5.74, 6) is -0.488. The van der Waals surface area contributed by atoms with Crippen molar-refractivity contribution >= 4 is 11.9 Å². The predicted octanol–water partition coefficient (Wildman–Crippen LogP) is -0.340. The van der Waals surface area contributed by atoms with Crippen molar-refractivity contribution < 1.29 is 18.6 Å². The Labute approximate surface area is 107 Å².